The quantitative estimate of drug-likeness (QED) is 0.483. The van der Waals surface area contributed by atoms with Gasteiger partial charge in [0.1, 0.15) is 5.69 Å². The molecule has 0 fully saturated rings. The van der Waals surface area contributed by atoms with Crippen LogP contribution in [0.4, 0.5) is 5.69 Å². The van der Waals surface area contributed by atoms with Crippen LogP contribution in [0.3, 0.4) is 0 Å². The van der Waals surface area contributed by atoms with Gasteiger partial charge in [0.25, 0.3) is 0 Å². The van der Waals surface area contributed by atoms with Crippen molar-refractivity contribution in [1.29, 1.82) is 0 Å². The van der Waals surface area contributed by atoms with E-state index in [0.29, 0.717) is 0 Å². The van der Waals surface area contributed by atoms with Gasteiger partial charge in [-0.2, -0.15) is 11.1 Å². The number of hydrogen-bond acceptors (Lipinski definition) is 0. The smallest absolute Gasteiger partial charge is 0.129 e. The van der Waals surface area contributed by atoms with Crippen molar-refractivity contribution in [2.75, 3.05) is 21.1 Å². The van der Waals surface area contributed by atoms with E-state index in [2.05, 4.69) is 72.2 Å². The first-order chi connectivity index (χ1) is 10.7. The van der Waals surface area contributed by atoms with Gasteiger partial charge in [-0.3, -0.25) is 17.6 Å². The second kappa shape index (κ2) is 10.1. The van der Waals surface area contributed by atoms with Gasteiger partial charge in [0.15, 0.2) is 0 Å². The molecule has 0 amide bonds. The van der Waals surface area contributed by atoms with Crippen LogP contribution in [0.2, 0.25) is 0 Å². The molecule has 0 aliphatic heterocycles. The second-order valence-corrected chi connectivity index (χ2v) is 6.75. The van der Waals surface area contributed by atoms with Crippen LogP contribution in [0.1, 0.15) is 27.8 Å². The van der Waals surface area contributed by atoms with Crippen molar-refractivity contribution in [2.45, 2.75) is 20.8 Å². The molecule has 0 saturated carbocycles. The minimum atomic E-state index is 0. The summed E-state index contributed by atoms with van der Waals surface area (Å²) < 4.78 is 0.839. The third kappa shape index (κ3) is 6.85. The van der Waals surface area contributed by atoms with Gasteiger partial charge >= 0.3 is 0 Å². The molecule has 2 heteroatoms. The van der Waals surface area contributed by atoms with E-state index in [1.807, 2.05) is 6.07 Å². The molecule has 2 aromatic rings. The van der Waals surface area contributed by atoms with E-state index in [0.717, 1.165) is 15.6 Å². The molecule has 0 aliphatic rings. The summed E-state index contributed by atoms with van der Waals surface area (Å²) in [5.41, 5.74) is 7.27. The molecule has 0 aliphatic carbocycles. The summed E-state index contributed by atoms with van der Waals surface area (Å²) in [4.78, 5) is 0. The third-order valence-corrected chi connectivity index (χ3v) is 3.81. The van der Waals surface area contributed by atoms with E-state index < -0.39 is 0 Å². The van der Waals surface area contributed by atoms with Gasteiger partial charge in [0, 0.05) is 32.7 Å². The van der Waals surface area contributed by atoms with E-state index in [-0.39, 0.29) is 32.7 Å². The predicted octanol–water partition coefficient (Wildman–Crippen LogP) is 5.39. The Morgan fingerprint density at radius 2 is 1.21 bits per heavy atom. The molecule has 0 N–H and O–H groups in total. The summed E-state index contributed by atoms with van der Waals surface area (Å²) in [5.74, 6) is 0. The van der Waals surface area contributed by atoms with Gasteiger partial charge in [0.2, 0.25) is 0 Å². The molecular formula is C22H28NY-. The van der Waals surface area contributed by atoms with E-state index in [9.17, 15) is 0 Å². The Morgan fingerprint density at radius 3 is 1.58 bits per heavy atom. The minimum absolute atomic E-state index is 0. The van der Waals surface area contributed by atoms with Crippen molar-refractivity contribution < 1.29 is 32.7 Å². The van der Waals surface area contributed by atoms with Crippen LogP contribution in [0, 0.1) is 33.9 Å². The topological polar surface area (TPSA) is 0 Å². The Labute approximate surface area is 173 Å². The molecule has 0 heterocycles. The van der Waals surface area contributed by atoms with Crippen molar-refractivity contribution in [1.82, 2.24) is 4.48 Å². The Hall–Kier alpha value is -1.02. The van der Waals surface area contributed by atoms with E-state index >= 15 is 0 Å². The molecule has 0 saturated heterocycles. The zero-order valence-electron chi connectivity index (χ0n) is 15.8. The van der Waals surface area contributed by atoms with Crippen LogP contribution in [0.25, 0.3) is 12.2 Å². The predicted molar refractivity (Wildman–Crippen MR) is 104 cm³/mol. The Morgan fingerprint density at radius 1 is 0.750 bits per heavy atom. The maximum atomic E-state index is 5.48. The van der Waals surface area contributed by atoms with Crippen LogP contribution in [0.15, 0.2) is 36.4 Å². The van der Waals surface area contributed by atoms with Gasteiger partial charge in [-0.15, -0.1) is 23.3 Å². The molecule has 2 aromatic carbocycles. The molecule has 24 heavy (non-hydrogen) atoms. The average molecular weight is 395 g/mol. The molecule has 2 rings (SSSR count). The standard InChI is InChI=1S/C12H17N.C10H11.Y/c1-6-11-7-8-12(9-10(11)2)13(3,4)5;1-4-10-6-5-8(2)7-9(10)3;/h1,6-9H,2-5H3;1,4-7H,2-3H3;/q;-1;. The van der Waals surface area contributed by atoms with Crippen molar-refractivity contribution >= 4 is 17.8 Å². The monoisotopic (exact) mass is 395 g/mol. The Bertz CT molecular complexity index is 694. The van der Waals surface area contributed by atoms with Gasteiger partial charge < -0.3 is 0 Å². The number of quaternary nitrogens is 1. The summed E-state index contributed by atoms with van der Waals surface area (Å²) in [6, 6.07) is 12.6. The zero-order chi connectivity index (χ0) is 17.6. The first kappa shape index (κ1) is 23.0. The van der Waals surface area contributed by atoms with Crippen molar-refractivity contribution in [2.24, 2.45) is 0 Å². The van der Waals surface area contributed by atoms with Crippen molar-refractivity contribution in [3.8, 4) is 0 Å². The van der Waals surface area contributed by atoms with Crippen LogP contribution in [0.5, 0.6) is 0 Å². The average Bonchev–Trinajstić information content (AvgIpc) is 2.47. The minimum Gasteiger partial charge on any atom is -0.298 e. The van der Waals surface area contributed by atoms with Gasteiger partial charge in [-0.25, -0.2) is 12.2 Å². The summed E-state index contributed by atoms with van der Waals surface area (Å²) in [6.07, 6.45) is 3.28. The SMILES string of the molecule is [CH-]=Cc1ccc(C)cc1C.[CH-]=Cc1ccc([N+](C)(C)C)cc1C.[Y]. The number of hydrogen-bond donors (Lipinski definition) is 0. The van der Waals surface area contributed by atoms with Gasteiger partial charge in [0.05, 0.1) is 21.1 Å². The second-order valence-electron chi connectivity index (χ2n) is 6.75. The zero-order valence-corrected chi connectivity index (χ0v) is 18.6. The number of aryl methyl sites for hydroxylation is 3. The first-order valence-corrected chi connectivity index (χ1v) is 7.79. The van der Waals surface area contributed by atoms with E-state index in [1.165, 1.54) is 22.4 Å². The fraction of sp³-hybridized carbons (Fsp3) is 0.273. The molecule has 1 radical (unpaired) electrons. The molecule has 0 bridgehead atoms. The maximum Gasteiger partial charge on any atom is 0.129 e. The molecule has 0 unspecified atom stereocenters. The summed E-state index contributed by atoms with van der Waals surface area (Å²) in [5, 5.41) is 0. The fourth-order valence-electron chi connectivity index (χ4n) is 2.28. The van der Waals surface area contributed by atoms with Crippen LogP contribution < -0.4 is 4.48 Å². The normalized spacial score (nSPS) is 10.1. The van der Waals surface area contributed by atoms with Gasteiger partial charge in [-0.1, -0.05) is 31.5 Å². The first-order valence-electron chi connectivity index (χ1n) is 7.79. The van der Waals surface area contributed by atoms with Crippen LogP contribution >= 0.6 is 0 Å². The third-order valence-electron chi connectivity index (χ3n) is 3.81. The molecule has 0 atom stereocenters. The summed E-state index contributed by atoms with van der Waals surface area (Å²) >= 11 is 0. The van der Waals surface area contributed by atoms with E-state index in [4.69, 9.17) is 13.2 Å². The van der Waals surface area contributed by atoms with Crippen molar-refractivity contribution in [3.05, 3.63) is 77.4 Å². The largest absolute Gasteiger partial charge is 0.298 e. The van der Waals surface area contributed by atoms with E-state index in [1.54, 1.807) is 12.2 Å². The van der Waals surface area contributed by atoms with Crippen LogP contribution in [-0.4, -0.2) is 21.1 Å². The summed E-state index contributed by atoms with van der Waals surface area (Å²) in [6.45, 7) is 17.1. The van der Waals surface area contributed by atoms with Crippen molar-refractivity contribution in [3.63, 3.8) is 0 Å². The molecular weight excluding hydrogens is 367 g/mol. The Kier molecular flexibility index (Phi) is 9.66. The van der Waals surface area contributed by atoms with Gasteiger partial charge in [-0.05, 0) is 19.1 Å². The number of nitrogens with zero attached hydrogens (tertiary/aromatic N) is 1. The molecule has 125 valence electrons. The number of rotatable bonds is 3. The number of benzene rings is 2. The van der Waals surface area contributed by atoms with Crippen LogP contribution in [-0.2, 0) is 32.7 Å². The fourth-order valence-corrected chi connectivity index (χ4v) is 2.28. The summed E-state index contributed by atoms with van der Waals surface area (Å²) in [7, 11) is 6.46. The Balaban J connectivity index is 0.000000436. The molecule has 1 nitrogen and oxygen atoms in total. The maximum absolute atomic E-state index is 5.48. The molecule has 0 aromatic heterocycles. The molecule has 0 spiro atoms.